The number of hydrogen-bond acceptors (Lipinski definition) is 8. The van der Waals surface area contributed by atoms with Crippen LogP contribution in [0.4, 0.5) is 10.5 Å². The van der Waals surface area contributed by atoms with Crippen LogP contribution in [0.5, 0.6) is 5.75 Å². The largest absolute Gasteiger partial charge is 0.496 e. The predicted octanol–water partition coefficient (Wildman–Crippen LogP) is 1.73. The van der Waals surface area contributed by atoms with Crippen molar-refractivity contribution in [3.05, 3.63) is 69.8 Å². The van der Waals surface area contributed by atoms with E-state index in [0.717, 1.165) is 12.7 Å². The van der Waals surface area contributed by atoms with Gasteiger partial charge in [-0.3, -0.25) is 14.9 Å². The number of hydrogen-bond donors (Lipinski definition) is 2. The van der Waals surface area contributed by atoms with Gasteiger partial charge in [0.05, 0.1) is 19.1 Å². The molecule has 2 aromatic rings. The van der Waals surface area contributed by atoms with E-state index in [1.54, 1.807) is 24.3 Å². The highest BCUT2D eigenvalue weighted by Gasteiger charge is 2.25. The van der Waals surface area contributed by atoms with Gasteiger partial charge in [-0.15, -0.1) is 0 Å². The molecule has 32 heavy (non-hydrogen) atoms. The summed E-state index contributed by atoms with van der Waals surface area (Å²) in [5.74, 6) is -1.14. The lowest BCUT2D eigenvalue weighted by molar-refractivity contribution is -0.384. The van der Waals surface area contributed by atoms with Crippen LogP contribution in [0.2, 0.25) is 0 Å². The molecule has 11 nitrogen and oxygen atoms in total. The van der Waals surface area contributed by atoms with Gasteiger partial charge in [0.1, 0.15) is 24.9 Å². The van der Waals surface area contributed by atoms with E-state index in [4.69, 9.17) is 14.2 Å². The Bertz CT molecular complexity index is 965. The number of methoxy groups -OCH3 is 2. The summed E-state index contributed by atoms with van der Waals surface area (Å²) in [5.41, 5.74) is 0.912. The second kappa shape index (κ2) is 11.9. The molecule has 0 aliphatic carbocycles. The molecule has 0 unspecified atom stereocenters. The number of nitro groups is 1. The van der Waals surface area contributed by atoms with Crippen molar-refractivity contribution in [2.24, 2.45) is 0 Å². The Labute approximate surface area is 183 Å². The SMILES string of the molecule is COC(=O)[C@H](Cc1cc([N+](=O)[O-])ccc1OC)NC(=O)CNC(=O)OCc1ccccc1. The number of non-ortho nitro benzene ring substituents is 1. The van der Waals surface area contributed by atoms with Crippen molar-refractivity contribution in [3.63, 3.8) is 0 Å². The van der Waals surface area contributed by atoms with E-state index < -0.39 is 35.5 Å². The van der Waals surface area contributed by atoms with Crippen LogP contribution in [0.25, 0.3) is 0 Å². The summed E-state index contributed by atoms with van der Waals surface area (Å²) in [6.45, 7) is -0.418. The van der Waals surface area contributed by atoms with E-state index in [1.165, 1.54) is 25.3 Å². The highest BCUT2D eigenvalue weighted by atomic mass is 16.6. The number of benzene rings is 2. The number of nitrogens with zero attached hydrogens (tertiary/aromatic N) is 1. The van der Waals surface area contributed by atoms with Crippen LogP contribution in [-0.4, -0.2) is 49.7 Å². The fourth-order valence-corrected chi connectivity index (χ4v) is 2.77. The molecule has 2 amide bonds. The minimum absolute atomic E-state index is 0.0334. The molecule has 0 saturated carbocycles. The summed E-state index contributed by atoms with van der Waals surface area (Å²) in [7, 11) is 2.52. The van der Waals surface area contributed by atoms with E-state index in [1.807, 2.05) is 6.07 Å². The quantitative estimate of drug-likeness (QED) is 0.319. The van der Waals surface area contributed by atoms with Crippen molar-refractivity contribution >= 4 is 23.7 Å². The maximum Gasteiger partial charge on any atom is 0.407 e. The second-order valence-electron chi connectivity index (χ2n) is 6.52. The van der Waals surface area contributed by atoms with Gasteiger partial charge in [-0.2, -0.15) is 0 Å². The van der Waals surface area contributed by atoms with Crippen LogP contribution in [0.15, 0.2) is 48.5 Å². The highest BCUT2D eigenvalue weighted by molar-refractivity contribution is 5.87. The first kappa shape index (κ1) is 24.1. The summed E-state index contributed by atoms with van der Waals surface area (Å²) in [5, 5.41) is 15.8. The van der Waals surface area contributed by atoms with Crippen molar-refractivity contribution in [1.82, 2.24) is 10.6 Å². The maximum absolute atomic E-state index is 12.2. The number of carbonyl (C=O) groups excluding carboxylic acids is 3. The van der Waals surface area contributed by atoms with E-state index in [0.29, 0.717) is 11.3 Å². The lowest BCUT2D eigenvalue weighted by Crippen LogP contribution is -2.47. The smallest absolute Gasteiger partial charge is 0.407 e. The summed E-state index contributed by atoms with van der Waals surface area (Å²) in [6.07, 6.45) is -0.930. The third kappa shape index (κ3) is 7.27. The molecule has 0 bridgehead atoms. The Balaban J connectivity index is 1.96. The van der Waals surface area contributed by atoms with Crippen LogP contribution in [0.1, 0.15) is 11.1 Å². The Kier molecular flexibility index (Phi) is 8.96. The molecule has 0 aromatic heterocycles. The van der Waals surface area contributed by atoms with Gasteiger partial charge in [0.2, 0.25) is 5.91 Å². The first-order valence-corrected chi connectivity index (χ1v) is 9.47. The fourth-order valence-electron chi connectivity index (χ4n) is 2.77. The van der Waals surface area contributed by atoms with Crippen LogP contribution < -0.4 is 15.4 Å². The zero-order valence-electron chi connectivity index (χ0n) is 17.5. The molecule has 0 saturated heterocycles. The predicted molar refractivity (Wildman–Crippen MR) is 112 cm³/mol. The van der Waals surface area contributed by atoms with Gasteiger partial charge < -0.3 is 24.8 Å². The molecule has 1 atom stereocenters. The highest BCUT2D eigenvalue weighted by Crippen LogP contribution is 2.25. The zero-order chi connectivity index (χ0) is 23.5. The van der Waals surface area contributed by atoms with Crippen molar-refractivity contribution in [2.75, 3.05) is 20.8 Å². The third-order valence-electron chi connectivity index (χ3n) is 4.33. The Morgan fingerprint density at radius 2 is 1.81 bits per heavy atom. The molecule has 2 rings (SSSR count). The van der Waals surface area contributed by atoms with E-state index in [9.17, 15) is 24.5 Å². The van der Waals surface area contributed by atoms with Crippen molar-refractivity contribution in [2.45, 2.75) is 19.1 Å². The van der Waals surface area contributed by atoms with Gasteiger partial charge in [0.15, 0.2) is 0 Å². The maximum atomic E-state index is 12.2. The topological polar surface area (TPSA) is 146 Å². The molecule has 2 aromatic carbocycles. The van der Waals surface area contributed by atoms with Crippen LogP contribution in [-0.2, 0) is 32.1 Å². The number of alkyl carbamates (subject to hydrolysis) is 1. The number of nitrogens with one attached hydrogen (secondary N) is 2. The first-order chi connectivity index (χ1) is 15.3. The monoisotopic (exact) mass is 445 g/mol. The van der Waals surface area contributed by atoms with Crippen molar-refractivity contribution in [1.29, 1.82) is 0 Å². The summed E-state index contributed by atoms with van der Waals surface area (Å²) in [6, 6.07) is 11.7. The van der Waals surface area contributed by atoms with E-state index in [2.05, 4.69) is 10.6 Å². The molecule has 0 heterocycles. The molecule has 0 radical (unpaired) electrons. The Hall–Kier alpha value is -4.15. The van der Waals surface area contributed by atoms with E-state index >= 15 is 0 Å². The molecule has 0 aliphatic rings. The number of amides is 2. The molecular weight excluding hydrogens is 422 g/mol. The Morgan fingerprint density at radius 1 is 1.09 bits per heavy atom. The van der Waals surface area contributed by atoms with Gasteiger partial charge in [-0.25, -0.2) is 9.59 Å². The van der Waals surface area contributed by atoms with Crippen molar-refractivity contribution < 1.29 is 33.5 Å². The lowest BCUT2D eigenvalue weighted by atomic mass is 10.0. The van der Waals surface area contributed by atoms with Crippen LogP contribution in [0.3, 0.4) is 0 Å². The molecule has 0 spiro atoms. The van der Waals surface area contributed by atoms with Gasteiger partial charge >= 0.3 is 12.1 Å². The minimum Gasteiger partial charge on any atom is -0.496 e. The average molecular weight is 445 g/mol. The molecule has 170 valence electrons. The standard InChI is InChI=1S/C21H23N3O8/c1-30-18-9-8-16(24(28)29)10-15(18)11-17(20(26)31-2)23-19(25)12-22-21(27)32-13-14-6-4-3-5-7-14/h3-10,17H,11-13H2,1-2H3,(H,22,27)(H,23,25)/t17-/m0/s1. The normalized spacial score (nSPS) is 11.1. The number of carbonyl (C=O) groups is 3. The number of ether oxygens (including phenoxy) is 3. The minimum atomic E-state index is -1.16. The van der Waals surface area contributed by atoms with Gasteiger partial charge in [0.25, 0.3) is 5.69 Å². The summed E-state index contributed by atoms with van der Waals surface area (Å²) >= 11 is 0. The molecule has 0 aliphatic heterocycles. The fraction of sp³-hybridized carbons (Fsp3) is 0.286. The number of rotatable bonds is 10. The van der Waals surface area contributed by atoms with Crippen LogP contribution in [0, 0.1) is 10.1 Å². The Morgan fingerprint density at radius 3 is 2.44 bits per heavy atom. The van der Waals surface area contributed by atoms with Crippen LogP contribution >= 0.6 is 0 Å². The second-order valence-corrected chi connectivity index (χ2v) is 6.52. The number of nitro benzene ring substituents is 1. The van der Waals surface area contributed by atoms with Crippen molar-refractivity contribution in [3.8, 4) is 5.75 Å². The van der Waals surface area contributed by atoms with Gasteiger partial charge in [0, 0.05) is 24.1 Å². The summed E-state index contributed by atoms with van der Waals surface area (Å²) < 4.78 is 14.9. The first-order valence-electron chi connectivity index (χ1n) is 9.47. The average Bonchev–Trinajstić information content (AvgIpc) is 2.80. The lowest BCUT2D eigenvalue weighted by Gasteiger charge is -2.18. The van der Waals surface area contributed by atoms with E-state index in [-0.39, 0.29) is 18.7 Å². The van der Waals surface area contributed by atoms with Gasteiger partial charge in [-0.05, 0) is 11.6 Å². The molecule has 11 heteroatoms. The molecule has 0 fully saturated rings. The molecular formula is C21H23N3O8. The molecule has 2 N–H and O–H groups in total. The number of esters is 1. The summed E-state index contributed by atoms with van der Waals surface area (Å²) in [4.78, 5) is 46.6. The van der Waals surface area contributed by atoms with Gasteiger partial charge in [-0.1, -0.05) is 30.3 Å². The zero-order valence-corrected chi connectivity index (χ0v) is 17.5. The third-order valence-corrected chi connectivity index (χ3v) is 4.33.